The summed E-state index contributed by atoms with van der Waals surface area (Å²) in [5, 5.41) is 3.36. The Morgan fingerprint density at radius 2 is 1.73 bits per heavy atom. The van der Waals surface area contributed by atoms with Crippen LogP contribution in [0.5, 0.6) is 0 Å². The average molecular weight is 214 g/mol. The minimum Gasteiger partial charge on any atom is -0.368 e. The molecule has 0 radical (unpaired) electrons. The molecular weight excluding hydrogens is 188 g/mol. The summed E-state index contributed by atoms with van der Waals surface area (Å²) in [6.45, 7) is 9.30. The first-order chi connectivity index (χ1) is 6.98. The van der Waals surface area contributed by atoms with Crippen molar-refractivity contribution >= 4 is 5.91 Å². The van der Waals surface area contributed by atoms with Crippen molar-refractivity contribution in [3.63, 3.8) is 0 Å². The van der Waals surface area contributed by atoms with Gasteiger partial charge in [-0.3, -0.25) is 4.79 Å². The standard InChI is InChI=1S/C12H26N2O/c1-5-7-12(8-6-2,11(13)15)14-9-10(3)4/h10,14H,5-9H2,1-4H3,(H2,13,15). The van der Waals surface area contributed by atoms with Crippen LogP contribution in [0, 0.1) is 5.92 Å². The SMILES string of the molecule is CCCC(CCC)(NCC(C)C)C(N)=O. The van der Waals surface area contributed by atoms with Gasteiger partial charge >= 0.3 is 0 Å². The molecule has 0 heterocycles. The van der Waals surface area contributed by atoms with Gasteiger partial charge in [0.15, 0.2) is 0 Å². The van der Waals surface area contributed by atoms with Crippen LogP contribution in [0.2, 0.25) is 0 Å². The van der Waals surface area contributed by atoms with Crippen LogP contribution >= 0.6 is 0 Å². The quantitative estimate of drug-likeness (QED) is 0.650. The molecule has 0 saturated heterocycles. The van der Waals surface area contributed by atoms with E-state index >= 15 is 0 Å². The number of nitrogens with two attached hydrogens (primary N) is 1. The molecule has 0 spiro atoms. The highest BCUT2D eigenvalue weighted by Gasteiger charge is 2.33. The van der Waals surface area contributed by atoms with Gasteiger partial charge in [0, 0.05) is 0 Å². The van der Waals surface area contributed by atoms with Crippen LogP contribution in [0.4, 0.5) is 0 Å². The fourth-order valence-corrected chi connectivity index (χ4v) is 1.89. The summed E-state index contributed by atoms with van der Waals surface area (Å²) in [6, 6.07) is 0. The Hall–Kier alpha value is -0.570. The molecule has 0 rings (SSSR count). The van der Waals surface area contributed by atoms with E-state index in [1.54, 1.807) is 0 Å². The van der Waals surface area contributed by atoms with Gasteiger partial charge in [0.25, 0.3) is 0 Å². The third-order valence-electron chi connectivity index (χ3n) is 2.67. The Labute approximate surface area is 93.8 Å². The Morgan fingerprint density at radius 3 is 2.00 bits per heavy atom. The molecule has 0 atom stereocenters. The van der Waals surface area contributed by atoms with E-state index in [-0.39, 0.29) is 5.91 Å². The molecule has 90 valence electrons. The molecule has 0 fully saturated rings. The van der Waals surface area contributed by atoms with Gasteiger partial charge in [0.05, 0.1) is 5.54 Å². The zero-order valence-electron chi connectivity index (χ0n) is 10.6. The molecule has 3 N–H and O–H groups in total. The van der Waals surface area contributed by atoms with E-state index in [1.807, 2.05) is 0 Å². The fraction of sp³-hybridized carbons (Fsp3) is 0.917. The lowest BCUT2D eigenvalue weighted by atomic mass is 9.87. The first kappa shape index (κ1) is 14.4. The van der Waals surface area contributed by atoms with Gasteiger partial charge in [-0.05, 0) is 25.3 Å². The highest BCUT2D eigenvalue weighted by Crippen LogP contribution is 2.19. The van der Waals surface area contributed by atoms with E-state index in [0.29, 0.717) is 5.92 Å². The van der Waals surface area contributed by atoms with Crippen molar-refractivity contribution in [1.29, 1.82) is 0 Å². The average Bonchev–Trinajstić information content (AvgIpc) is 2.14. The Balaban J connectivity index is 4.54. The fourth-order valence-electron chi connectivity index (χ4n) is 1.89. The first-order valence-corrected chi connectivity index (χ1v) is 6.03. The zero-order valence-corrected chi connectivity index (χ0v) is 10.6. The van der Waals surface area contributed by atoms with Gasteiger partial charge < -0.3 is 11.1 Å². The van der Waals surface area contributed by atoms with Crippen molar-refractivity contribution < 1.29 is 4.79 Å². The second-order valence-electron chi connectivity index (χ2n) is 4.72. The minimum absolute atomic E-state index is 0.202. The van der Waals surface area contributed by atoms with Crippen LogP contribution in [-0.2, 0) is 4.79 Å². The molecule has 0 aliphatic heterocycles. The highest BCUT2D eigenvalue weighted by molar-refractivity contribution is 5.84. The summed E-state index contributed by atoms with van der Waals surface area (Å²) < 4.78 is 0. The van der Waals surface area contributed by atoms with Crippen molar-refractivity contribution in [1.82, 2.24) is 5.32 Å². The first-order valence-electron chi connectivity index (χ1n) is 6.03. The van der Waals surface area contributed by atoms with Crippen molar-refractivity contribution in [2.75, 3.05) is 6.54 Å². The Morgan fingerprint density at radius 1 is 1.27 bits per heavy atom. The van der Waals surface area contributed by atoms with Crippen LogP contribution in [0.3, 0.4) is 0 Å². The smallest absolute Gasteiger partial charge is 0.237 e. The van der Waals surface area contributed by atoms with E-state index in [0.717, 1.165) is 32.2 Å². The van der Waals surface area contributed by atoms with Crippen LogP contribution in [0.1, 0.15) is 53.4 Å². The molecule has 1 amide bonds. The van der Waals surface area contributed by atoms with E-state index in [1.165, 1.54) is 0 Å². The maximum atomic E-state index is 11.6. The third kappa shape index (κ3) is 4.65. The summed E-state index contributed by atoms with van der Waals surface area (Å²) in [7, 11) is 0. The second kappa shape index (κ2) is 6.83. The summed E-state index contributed by atoms with van der Waals surface area (Å²) in [5.74, 6) is 0.337. The second-order valence-corrected chi connectivity index (χ2v) is 4.72. The van der Waals surface area contributed by atoms with Gasteiger partial charge in [0.2, 0.25) is 5.91 Å². The lowest BCUT2D eigenvalue weighted by Gasteiger charge is -2.32. The number of carbonyl (C=O) groups excluding carboxylic acids is 1. The Kier molecular flexibility index (Phi) is 6.57. The van der Waals surface area contributed by atoms with Gasteiger partial charge in [0.1, 0.15) is 0 Å². The maximum absolute atomic E-state index is 11.6. The van der Waals surface area contributed by atoms with Gasteiger partial charge in [-0.1, -0.05) is 40.5 Å². The molecule has 0 aromatic rings. The molecule has 0 aliphatic carbocycles. The van der Waals surface area contributed by atoms with Crippen LogP contribution in [0.15, 0.2) is 0 Å². The minimum atomic E-state index is -0.478. The summed E-state index contributed by atoms with van der Waals surface area (Å²) >= 11 is 0. The molecule has 0 bridgehead atoms. The summed E-state index contributed by atoms with van der Waals surface area (Å²) in [5.41, 5.74) is 5.05. The summed E-state index contributed by atoms with van der Waals surface area (Å²) in [4.78, 5) is 11.6. The monoisotopic (exact) mass is 214 g/mol. The number of hydrogen-bond donors (Lipinski definition) is 2. The molecule has 0 aromatic carbocycles. The number of carbonyl (C=O) groups is 1. The number of rotatable bonds is 8. The number of nitrogens with one attached hydrogen (secondary N) is 1. The van der Waals surface area contributed by atoms with Gasteiger partial charge in [-0.2, -0.15) is 0 Å². The van der Waals surface area contributed by atoms with Crippen molar-refractivity contribution in [3.8, 4) is 0 Å². The van der Waals surface area contributed by atoms with Gasteiger partial charge in [-0.15, -0.1) is 0 Å². The molecular formula is C12H26N2O. The van der Waals surface area contributed by atoms with E-state index in [9.17, 15) is 4.79 Å². The van der Waals surface area contributed by atoms with Crippen molar-refractivity contribution in [3.05, 3.63) is 0 Å². The molecule has 3 nitrogen and oxygen atoms in total. The molecule has 0 aromatic heterocycles. The predicted molar refractivity (Wildman–Crippen MR) is 64.6 cm³/mol. The highest BCUT2D eigenvalue weighted by atomic mass is 16.1. The summed E-state index contributed by atoms with van der Waals surface area (Å²) in [6.07, 6.45) is 3.63. The maximum Gasteiger partial charge on any atom is 0.237 e. The van der Waals surface area contributed by atoms with E-state index < -0.39 is 5.54 Å². The van der Waals surface area contributed by atoms with Crippen LogP contribution in [0.25, 0.3) is 0 Å². The molecule has 15 heavy (non-hydrogen) atoms. The lowest BCUT2D eigenvalue weighted by molar-refractivity contribution is -0.125. The van der Waals surface area contributed by atoms with Crippen molar-refractivity contribution in [2.24, 2.45) is 11.7 Å². The molecule has 0 saturated carbocycles. The molecule has 0 aliphatic rings. The van der Waals surface area contributed by atoms with Crippen LogP contribution < -0.4 is 11.1 Å². The van der Waals surface area contributed by atoms with Crippen LogP contribution in [-0.4, -0.2) is 18.0 Å². The normalized spacial score (nSPS) is 12.1. The number of primary amides is 1. The number of amides is 1. The molecule has 0 unspecified atom stereocenters. The lowest BCUT2D eigenvalue weighted by Crippen LogP contribution is -2.56. The largest absolute Gasteiger partial charge is 0.368 e. The van der Waals surface area contributed by atoms with E-state index in [2.05, 4.69) is 33.0 Å². The third-order valence-corrected chi connectivity index (χ3v) is 2.67. The Bertz CT molecular complexity index is 184. The predicted octanol–water partition coefficient (Wildman–Crippen LogP) is 2.06. The topological polar surface area (TPSA) is 55.1 Å². The van der Waals surface area contributed by atoms with E-state index in [4.69, 9.17) is 5.73 Å². The number of hydrogen-bond acceptors (Lipinski definition) is 2. The zero-order chi connectivity index (χ0) is 11.9. The molecule has 3 heteroatoms. The van der Waals surface area contributed by atoms with Crippen molar-refractivity contribution in [2.45, 2.75) is 58.9 Å². The van der Waals surface area contributed by atoms with Gasteiger partial charge in [-0.25, -0.2) is 0 Å².